The number of hydrogen-bond acceptors (Lipinski definition) is 6. The fourth-order valence-electron chi connectivity index (χ4n) is 4.38. The van der Waals surface area contributed by atoms with E-state index in [4.69, 9.17) is 9.97 Å². The minimum atomic E-state index is -0.205. The van der Waals surface area contributed by atoms with Gasteiger partial charge in [-0.3, -0.25) is 9.88 Å². The lowest BCUT2D eigenvalue weighted by Crippen LogP contribution is -2.39. The first-order valence-electron chi connectivity index (χ1n) is 10.8. The van der Waals surface area contributed by atoms with Gasteiger partial charge in [0.15, 0.2) is 5.82 Å². The average Bonchev–Trinajstić information content (AvgIpc) is 2.80. The number of anilines is 1. The number of aliphatic hydroxyl groups excluding tert-OH is 1. The molecule has 30 heavy (non-hydrogen) atoms. The van der Waals surface area contributed by atoms with Crippen molar-refractivity contribution in [2.75, 3.05) is 24.5 Å². The highest BCUT2D eigenvalue weighted by Gasteiger charge is 2.28. The first kappa shape index (κ1) is 19.2. The Balaban J connectivity index is 1.49. The van der Waals surface area contributed by atoms with Crippen LogP contribution in [-0.2, 0) is 19.5 Å². The van der Waals surface area contributed by atoms with Crippen LogP contribution in [0.5, 0.6) is 0 Å². The summed E-state index contributed by atoms with van der Waals surface area (Å²) in [6, 6.07) is 16.5. The smallest absolute Gasteiger partial charge is 0.180 e. The van der Waals surface area contributed by atoms with Crippen molar-refractivity contribution in [2.45, 2.75) is 38.5 Å². The third-order valence-corrected chi connectivity index (χ3v) is 6.02. The number of hydrogen-bond donors (Lipinski definition) is 1. The number of benzene rings is 1. The second-order valence-electron chi connectivity index (χ2n) is 8.18. The highest BCUT2D eigenvalue weighted by atomic mass is 16.3. The van der Waals surface area contributed by atoms with E-state index in [-0.39, 0.29) is 6.10 Å². The van der Waals surface area contributed by atoms with Crippen LogP contribution < -0.4 is 4.90 Å². The van der Waals surface area contributed by atoms with Crippen molar-refractivity contribution < 1.29 is 5.11 Å². The summed E-state index contributed by atoms with van der Waals surface area (Å²) in [4.78, 5) is 19.2. The molecule has 0 bridgehead atoms. The number of nitrogens with zero attached hydrogens (tertiary/aromatic N) is 5. The summed E-state index contributed by atoms with van der Waals surface area (Å²) in [5, 5.41) is 9.97. The van der Waals surface area contributed by atoms with Gasteiger partial charge in [-0.05, 0) is 30.5 Å². The average molecular weight is 402 g/mol. The second-order valence-corrected chi connectivity index (χ2v) is 8.18. The zero-order valence-corrected chi connectivity index (χ0v) is 17.1. The van der Waals surface area contributed by atoms with Crippen LogP contribution >= 0.6 is 0 Å². The Morgan fingerprint density at radius 3 is 2.50 bits per heavy atom. The summed E-state index contributed by atoms with van der Waals surface area (Å²) in [5.74, 6) is 1.72. The normalized spacial score (nSPS) is 17.7. The summed E-state index contributed by atoms with van der Waals surface area (Å²) in [6.45, 7) is 4.41. The van der Waals surface area contributed by atoms with E-state index in [2.05, 4.69) is 45.1 Å². The quantitative estimate of drug-likeness (QED) is 0.725. The Labute approximate surface area is 177 Å². The van der Waals surface area contributed by atoms with Crippen molar-refractivity contribution in [3.05, 3.63) is 71.5 Å². The van der Waals surface area contributed by atoms with Crippen molar-refractivity contribution in [1.82, 2.24) is 19.9 Å². The molecule has 154 valence electrons. The molecule has 0 atom stereocenters. The monoisotopic (exact) mass is 401 g/mol. The van der Waals surface area contributed by atoms with E-state index >= 15 is 0 Å². The van der Waals surface area contributed by atoms with E-state index in [0.717, 1.165) is 69.2 Å². The molecule has 6 nitrogen and oxygen atoms in total. The molecule has 1 N–H and O–H groups in total. The maximum atomic E-state index is 9.97. The van der Waals surface area contributed by atoms with Crippen LogP contribution in [0.3, 0.4) is 0 Å². The zero-order chi connectivity index (χ0) is 20.3. The summed E-state index contributed by atoms with van der Waals surface area (Å²) >= 11 is 0. The minimum Gasteiger partial charge on any atom is -0.393 e. The van der Waals surface area contributed by atoms with Gasteiger partial charge in [0.1, 0.15) is 11.5 Å². The van der Waals surface area contributed by atoms with Crippen LogP contribution in [0.15, 0.2) is 54.7 Å². The number of rotatable bonds is 4. The molecule has 4 heterocycles. The standard InChI is InChI=1S/C24H27N5O/c30-19-9-14-29(15-10-19)24-20-17-28(16-18-6-2-1-3-7-18)13-11-21(20)26-23(27-24)22-8-4-5-12-25-22/h1-8,12,19,30H,9-11,13-17H2. The first-order chi connectivity index (χ1) is 14.8. The maximum Gasteiger partial charge on any atom is 0.180 e. The van der Waals surface area contributed by atoms with Gasteiger partial charge < -0.3 is 10.0 Å². The highest BCUT2D eigenvalue weighted by Crippen LogP contribution is 2.31. The van der Waals surface area contributed by atoms with Crippen molar-refractivity contribution in [2.24, 2.45) is 0 Å². The Morgan fingerprint density at radius 1 is 0.933 bits per heavy atom. The lowest BCUT2D eigenvalue weighted by atomic mass is 10.0. The van der Waals surface area contributed by atoms with Crippen LogP contribution in [0, 0.1) is 0 Å². The van der Waals surface area contributed by atoms with Crippen molar-refractivity contribution >= 4 is 5.82 Å². The summed E-state index contributed by atoms with van der Waals surface area (Å²) < 4.78 is 0. The Hall–Kier alpha value is -2.83. The zero-order valence-electron chi connectivity index (χ0n) is 17.1. The van der Waals surface area contributed by atoms with Crippen molar-refractivity contribution in [3.8, 4) is 11.5 Å². The molecule has 0 radical (unpaired) electrons. The molecule has 0 saturated carbocycles. The molecule has 2 aromatic heterocycles. The van der Waals surface area contributed by atoms with Gasteiger partial charge in [-0.15, -0.1) is 0 Å². The molecule has 0 amide bonds. The first-order valence-corrected chi connectivity index (χ1v) is 10.8. The van der Waals surface area contributed by atoms with Gasteiger partial charge in [0.25, 0.3) is 0 Å². The van der Waals surface area contributed by atoms with Crippen molar-refractivity contribution in [3.63, 3.8) is 0 Å². The summed E-state index contributed by atoms with van der Waals surface area (Å²) in [7, 11) is 0. The predicted molar refractivity (Wildman–Crippen MR) is 117 cm³/mol. The molecule has 0 aliphatic carbocycles. The van der Waals surface area contributed by atoms with E-state index in [9.17, 15) is 5.11 Å². The topological polar surface area (TPSA) is 65.4 Å². The number of fused-ring (bicyclic) bond motifs is 1. The molecule has 2 aliphatic heterocycles. The van der Waals surface area contributed by atoms with Crippen LogP contribution in [0.2, 0.25) is 0 Å². The predicted octanol–water partition coefficient (Wildman–Crippen LogP) is 3.06. The van der Waals surface area contributed by atoms with E-state index in [0.29, 0.717) is 5.82 Å². The summed E-state index contributed by atoms with van der Waals surface area (Å²) in [6.07, 6.45) is 4.06. The van der Waals surface area contributed by atoms with Crippen LogP contribution in [0.1, 0.15) is 29.7 Å². The van der Waals surface area contributed by atoms with Gasteiger partial charge in [0.05, 0.1) is 11.8 Å². The Morgan fingerprint density at radius 2 is 1.73 bits per heavy atom. The molecular weight excluding hydrogens is 374 g/mol. The molecule has 1 saturated heterocycles. The molecule has 0 unspecified atom stereocenters. The maximum absolute atomic E-state index is 9.97. The number of aromatic nitrogens is 3. The molecular formula is C24H27N5O. The lowest BCUT2D eigenvalue weighted by molar-refractivity contribution is 0.145. The van der Waals surface area contributed by atoms with Gasteiger partial charge in [0.2, 0.25) is 0 Å². The van der Waals surface area contributed by atoms with Crippen LogP contribution in [0.25, 0.3) is 11.5 Å². The SMILES string of the molecule is OC1CCN(c2nc(-c3ccccn3)nc3c2CN(Cc2ccccc2)CC3)CC1. The number of aliphatic hydroxyl groups is 1. The molecule has 1 aromatic carbocycles. The van der Waals surface area contributed by atoms with Gasteiger partial charge in [-0.1, -0.05) is 36.4 Å². The Kier molecular flexibility index (Phi) is 5.43. The fourth-order valence-corrected chi connectivity index (χ4v) is 4.38. The minimum absolute atomic E-state index is 0.205. The summed E-state index contributed by atoms with van der Waals surface area (Å²) in [5.41, 5.74) is 4.50. The van der Waals surface area contributed by atoms with Gasteiger partial charge in [0, 0.05) is 50.9 Å². The lowest BCUT2D eigenvalue weighted by Gasteiger charge is -2.35. The highest BCUT2D eigenvalue weighted by molar-refractivity contribution is 5.58. The largest absolute Gasteiger partial charge is 0.393 e. The second kappa shape index (κ2) is 8.50. The van der Waals surface area contributed by atoms with Crippen molar-refractivity contribution in [1.29, 1.82) is 0 Å². The van der Waals surface area contributed by atoms with Gasteiger partial charge >= 0.3 is 0 Å². The van der Waals surface area contributed by atoms with Crippen LogP contribution in [0.4, 0.5) is 5.82 Å². The third-order valence-electron chi connectivity index (χ3n) is 6.02. The van der Waals surface area contributed by atoms with E-state index in [1.54, 1.807) is 6.20 Å². The molecule has 3 aromatic rings. The van der Waals surface area contributed by atoms with E-state index < -0.39 is 0 Å². The number of piperidine rings is 1. The van der Waals surface area contributed by atoms with E-state index in [1.807, 2.05) is 18.2 Å². The Bertz CT molecular complexity index is 987. The fraction of sp³-hybridized carbons (Fsp3) is 0.375. The third kappa shape index (κ3) is 4.06. The molecule has 0 spiro atoms. The van der Waals surface area contributed by atoms with Gasteiger partial charge in [-0.2, -0.15) is 0 Å². The van der Waals surface area contributed by atoms with E-state index in [1.165, 1.54) is 11.1 Å². The number of pyridine rings is 1. The molecule has 1 fully saturated rings. The van der Waals surface area contributed by atoms with Gasteiger partial charge in [-0.25, -0.2) is 9.97 Å². The molecule has 6 heteroatoms. The molecule has 2 aliphatic rings. The molecule has 5 rings (SSSR count). The van der Waals surface area contributed by atoms with Crippen LogP contribution in [-0.4, -0.2) is 50.7 Å².